The Bertz CT molecular complexity index is 296. The summed E-state index contributed by atoms with van der Waals surface area (Å²) in [5, 5.41) is 3.28. The van der Waals surface area contributed by atoms with Gasteiger partial charge in [-0.15, -0.1) is 0 Å². The fraction of sp³-hybridized carbons (Fsp3) is 0.545. The minimum atomic E-state index is -0.129. The lowest BCUT2D eigenvalue weighted by molar-refractivity contribution is 0.158. The van der Waals surface area contributed by atoms with Crippen molar-refractivity contribution < 1.29 is 9.47 Å². The Morgan fingerprint density at radius 3 is 2.53 bits per heavy atom. The van der Waals surface area contributed by atoms with Crippen molar-refractivity contribution >= 4 is 5.82 Å². The van der Waals surface area contributed by atoms with Gasteiger partial charge in [0.15, 0.2) is 0 Å². The highest BCUT2D eigenvalue weighted by molar-refractivity contribution is 5.39. The molecule has 1 aromatic rings. The SMILES string of the molecule is COCC(C)(C)Nc1ccc(OC)cn1. The van der Waals surface area contributed by atoms with Gasteiger partial charge in [0.05, 0.1) is 25.5 Å². The maximum Gasteiger partial charge on any atom is 0.137 e. The van der Waals surface area contributed by atoms with Crippen molar-refractivity contribution in [1.29, 1.82) is 0 Å². The molecule has 0 aliphatic heterocycles. The summed E-state index contributed by atoms with van der Waals surface area (Å²) in [4.78, 5) is 4.23. The summed E-state index contributed by atoms with van der Waals surface area (Å²) in [6.45, 7) is 4.74. The molecule has 0 bridgehead atoms. The van der Waals surface area contributed by atoms with E-state index < -0.39 is 0 Å². The molecular weight excluding hydrogens is 192 g/mol. The number of methoxy groups -OCH3 is 2. The predicted octanol–water partition coefficient (Wildman–Crippen LogP) is 1.93. The van der Waals surface area contributed by atoms with Crippen molar-refractivity contribution in [2.45, 2.75) is 19.4 Å². The summed E-state index contributed by atoms with van der Waals surface area (Å²) >= 11 is 0. The summed E-state index contributed by atoms with van der Waals surface area (Å²) in [6.07, 6.45) is 1.69. The van der Waals surface area contributed by atoms with E-state index in [0.29, 0.717) is 6.61 Å². The highest BCUT2D eigenvalue weighted by Crippen LogP contribution is 2.15. The maximum atomic E-state index is 5.11. The second kappa shape index (κ2) is 4.98. The number of nitrogens with zero attached hydrogens (tertiary/aromatic N) is 1. The third-order valence-corrected chi connectivity index (χ3v) is 1.94. The first-order valence-corrected chi connectivity index (χ1v) is 4.84. The van der Waals surface area contributed by atoms with E-state index in [9.17, 15) is 0 Å². The van der Waals surface area contributed by atoms with Crippen LogP contribution in [-0.4, -0.2) is 31.3 Å². The van der Waals surface area contributed by atoms with Gasteiger partial charge in [0.25, 0.3) is 0 Å². The van der Waals surface area contributed by atoms with Gasteiger partial charge in [-0.2, -0.15) is 0 Å². The molecule has 0 spiro atoms. The second-order valence-electron chi connectivity index (χ2n) is 4.03. The van der Waals surface area contributed by atoms with E-state index in [4.69, 9.17) is 9.47 Å². The molecule has 84 valence electrons. The van der Waals surface area contributed by atoms with E-state index in [1.54, 1.807) is 20.4 Å². The smallest absolute Gasteiger partial charge is 0.137 e. The Labute approximate surface area is 90.6 Å². The standard InChI is InChI=1S/C11H18N2O2/c1-11(2,8-14-3)13-10-6-5-9(15-4)7-12-10/h5-7H,8H2,1-4H3,(H,12,13). The van der Waals surface area contributed by atoms with Gasteiger partial charge >= 0.3 is 0 Å². The summed E-state index contributed by atoms with van der Waals surface area (Å²) in [7, 11) is 3.31. The van der Waals surface area contributed by atoms with Crippen LogP contribution in [0.15, 0.2) is 18.3 Å². The van der Waals surface area contributed by atoms with Crippen LogP contribution in [0.1, 0.15) is 13.8 Å². The van der Waals surface area contributed by atoms with Gasteiger partial charge in [0.2, 0.25) is 0 Å². The molecule has 0 amide bonds. The fourth-order valence-electron chi connectivity index (χ4n) is 1.32. The van der Waals surface area contributed by atoms with Crippen LogP contribution >= 0.6 is 0 Å². The molecule has 0 unspecified atom stereocenters. The average molecular weight is 210 g/mol. The third kappa shape index (κ3) is 3.75. The third-order valence-electron chi connectivity index (χ3n) is 1.94. The highest BCUT2D eigenvalue weighted by Gasteiger charge is 2.17. The van der Waals surface area contributed by atoms with E-state index in [-0.39, 0.29) is 5.54 Å². The largest absolute Gasteiger partial charge is 0.495 e. The molecule has 15 heavy (non-hydrogen) atoms. The van der Waals surface area contributed by atoms with Crippen LogP contribution in [0.25, 0.3) is 0 Å². The molecule has 4 nitrogen and oxygen atoms in total. The van der Waals surface area contributed by atoms with E-state index in [2.05, 4.69) is 24.1 Å². The molecule has 0 atom stereocenters. The molecule has 0 aromatic carbocycles. The molecule has 0 fully saturated rings. The minimum Gasteiger partial charge on any atom is -0.495 e. The fourth-order valence-corrected chi connectivity index (χ4v) is 1.32. The number of hydrogen-bond acceptors (Lipinski definition) is 4. The average Bonchev–Trinajstić information content (AvgIpc) is 2.18. The molecule has 1 aromatic heterocycles. The van der Waals surface area contributed by atoms with Crippen molar-refractivity contribution in [3.63, 3.8) is 0 Å². The van der Waals surface area contributed by atoms with Gasteiger partial charge in [-0.05, 0) is 26.0 Å². The molecule has 0 radical (unpaired) electrons. The monoisotopic (exact) mass is 210 g/mol. The van der Waals surface area contributed by atoms with Crippen LogP contribution in [0.5, 0.6) is 5.75 Å². The zero-order valence-corrected chi connectivity index (χ0v) is 9.70. The topological polar surface area (TPSA) is 43.4 Å². The summed E-state index contributed by atoms with van der Waals surface area (Å²) in [5.74, 6) is 1.57. The van der Waals surface area contributed by atoms with Gasteiger partial charge in [-0.1, -0.05) is 0 Å². The summed E-state index contributed by atoms with van der Waals surface area (Å²) in [5.41, 5.74) is -0.129. The molecule has 0 saturated heterocycles. The molecule has 0 aliphatic carbocycles. The van der Waals surface area contributed by atoms with E-state index in [1.165, 1.54) is 0 Å². The number of anilines is 1. The first-order valence-electron chi connectivity index (χ1n) is 4.84. The quantitative estimate of drug-likeness (QED) is 0.806. The van der Waals surface area contributed by atoms with Gasteiger partial charge < -0.3 is 14.8 Å². The molecule has 1 heterocycles. The zero-order chi connectivity index (χ0) is 11.3. The first kappa shape index (κ1) is 11.8. The predicted molar refractivity (Wildman–Crippen MR) is 60.4 cm³/mol. The zero-order valence-electron chi connectivity index (χ0n) is 9.70. The number of pyridine rings is 1. The van der Waals surface area contributed by atoms with Crippen LogP contribution in [0.2, 0.25) is 0 Å². The van der Waals surface area contributed by atoms with Crippen molar-refractivity contribution in [1.82, 2.24) is 4.98 Å². The van der Waals surface area contributed by atoms with Crippen molar-refractivity contribution in [2.24, 2.45) is 0 Å². The van der Waals surface area contributed by atoms with Crippen molar-refractivity contribution in [3.05, 3.63) is 18.3 Å². The Morgan fingerprint density at radius 2 is 2.07 bits per heavy atom. The molecule has 1 N–H and O–H groups in total. The van der Waals surface area contributed by atoms with Crippen LogP contribution < -0.4 is 10.1 Å². The van der Waals surface area contributed by atoms with E-state index >= 15 is 0 Å². The lowest BCUT2D eigenvalue weighted by Gasteiger charge is -2.25. The molecule has 0 aliphatic rings. The summed E-state index contributed by atoms with van der Waals surface area (Å²) in [6, 6.07) is 3.76. The highest BCUT2D eigenvalue weighted by atomic mass is 16.5. The Kier molecular flexibility index (Phi) is 3.91. The van der Waals surface area contributed by atoms with E-state index in [0.717, 1.165) is 11.6 Å². The Balaban J connectivity index is 2.64. The maximum absolute atomic E-state index is 5.11. The van der Waals surface area contributed by atoms with Crippen LogP contribution in [0.4, 0.5) is 5.82 Å². The molecule has 1 rings (SSSR count). The van der Waals surface area contributed by atoms with Crippen LogP contribution in [0.3, 0.4) is 0 Å². The van der Waals surface area contributed by atoms with Gasteiger partial charge in [0.1, 0.15) is 11.6 Å². The van der Waals surface area contributed by atoms with Gasteiger partial charge in [-0.3, -0.25) is 0 Å². The first-order chi connectivity index (χ1) is 7.07. The molecular formula is C11H18N2O2. The number of rotatable bonds is 5. The number of hydrogen-bond donors (Lipinski definition) is 1. The number of aromatic nitrogens is 1. The number of nitrogens with one attached hydrogen (secondary N) is 1. The number of ether oxygens (including phenoxy) is 2. The lowest BCUT2D eigenvalue weighted by atomic mass is 10.1. The molecule has 0 saturated carbocycles. The van der Waals surface area contributed by atoms with Crippen LogP contribution in [-0.2, 0) is 4.74 Å². The van der Waals surface area contributed by atoms with E-state index in [1.807, 2.05) is 12.1 Å². The summed E-state index contributed by atoms with van der Waals surface area (Å²) < 4.78 is 10.1. The minimum absolute atomic E-state index is 0.129. The second-order valence-corrected chi connectivity index (χ2v) is 4.03. The normalized spacial score (nSPS) is 11.2. The van der Waals surface area contributed by atoms with Gasteiger partial charge in [0, 0.05) is 7.11 Å². The van der Waals surface area contributed by atoms with Crippen molar-refractivity contribution in [3.8, 4) is 5.75 Å². The Hall–Kier alpha value is -1.29. The molecule has 4 heteroatoms. The van der Waals surface area contributed by atoms with Crippen LogP contribution in [0, 0.1) is 0 Å². The van der Waals surface area contributed by atoms with Gasteiger partial charge in [-0.25, -0.2) is 4.98 Å². The lowest BCUT2D eigenvalue weighted by Crippen LogP contribution is -2.36. The van der Waals surface area contributed by atoms with Crippen molar-refractivity contribution in [2.75, 3.05) is 26.1 Å². The Morgan fingerprint density at radius 1 is 1.33 bits per heavy atom.